The van der Waals surface area contributed by atoms with Crippen molar-refractivity contribution in [2.24, 2.45) is 0 Å². The zero-order valence-electron chi connectivity index (χ0n) is 8.61. The van der Waals surface area contributed by atoms with E-state index in [-0.39, 0.29) is 0 Å². The molecular weight excluding hydrogens is 212 g/mol. The van der Waals surface area contributed by atoms with E-state index in [0.29, 0.717) is 5.02 Å². The fourth-order valence-corrected chi connectivity index (χ4v) is 1.68. The number of halogens is 1. The molecule has 4 nitrogen and oxygen atoms in total. The van der Waals surface area contributed by atoms with Gasteiger partial charge in [0.25, 0.3) is 0 Å². The Morgan fingerprint density at radius 2 is 2.00 bits per heavy atom. The fourth-order valence-electron chi connectivity index (χ4n) is 1.44. The second-order valence-corrected chi connectivity index (χ2v) is 3.57. The normalized spacial score (nSPS) is 10.6. The Bertz CT molecular complexity index is 464. The first-order valence-corrected chi connectivity index (χ1v) is 5.10. The summed E-state index contributed by atoms with van der Waals surface area (Å²) in [4.78, 5) is 7.90. The number of aromatic nitrogens is 4. The zero-order chi connectivity index (χ0) is 10.8. The van der Waals surface area contributed by atoms with Crippen LogP contribution < -0.4 is 0 Å². The quantitative estimate of drug-likeness (QED) is 0.783. The van der Waals surface area contributed by atoms with Crippen molar-refractivity contribution < 1.29 is 0 Å². The topological polar surface area (TPSA) is 43.6 Å². The lowest BCUT2D eigenvalue weighted by molar-refractivity contribution is 0.642. The predicted molar refractivity (Wildman–Crippen MR) is 58.7 cm³/mol. The van der Waals surface area contributed by atoms with Crippen molar-refractivity contribution in [3.05, 3.63) is 29.4 Å². The van der Waals surface area contributed by atoms with Gasteiger partial charge in [0.05, 0.1) is 10.7 Å². The minimum absolute atomic E-state index is 0.673. The third-order valence-electron chi connectivity index (χ3n) is 2.27. The van der Waals surface area contributed by atoms with Crippen LogP contribution in [0.2, 0.25) is 5.02 Å². The lowest BCUT2D eigenvalue weighted by atomic mass is 10.2. The van der Waals surface area contributed by atoms with Crippen LogP contribution in [0.25, 0.3) is 11.3 Å². The molecule has 0 aromatic carbocycles. The third kappa shape index (κ3) is 1.72. The largest absolute Gasteiger partial charge is 0.268 e. The zero-order valence-corrected chi connectivity index (χ0v) is 9.36. The molecule has 0 N–H and O–H groups in total. The number of hydrogen-bond donors (Lipinski definition) is 0. The van der Waals surface area contributed by atoms with Gasteiger partial charge in [0.2, 0.25) is 0 Å². The summed E-state index contributed by atoms with van der Waals surface area (Å²) < 4.78 is 1.87. The Kier molecular flexibility index (Phi) is 2.68. The van der Waals surface area contributed by atoms with Crippen molar-refractivity contribution in [2.45, 2.75) is 20.4 Å². The van der Waals surface area contributed by atoms with Crippen molar-refractivity contribution in [3.8, 4) is 11.3 Å². The van der Waals surface area contributed by atoms with Gasteiger partial charge < -0.3 is 0 Å². The van der Waals surface area contributed by atoms with Gasteiger partial charge in [-0.15, -0.1) is 0 Å². The minimum Gasteiger partial charge on any atom is -0.268 e. The molecule has 2 aromatic heterocycles. The minimum atomic E-state index is 0.673. The van der Waals surface area contributed by atoms with Gasteiger partial charge in [0.1, 0.15) is 12.0 Å². The smallest absolute Gasteiger partial charge is 0.115 e. The Hall–Kier alpha value is -1.42. The molecule has 0 saturated carbocycles. The van der Waals surface area contributed by atoms with E-state index in [9.17, 15) is 0 Å². The monoisotopic (exact) mass is 222 g/mol. The second-order valence-electron chi connectivity index (χ2n) is 3.19. The van der Waals surface area contributed by atoms with Gasteiger partial charge >= 0.3 is 0 Å². The molecule has 2 rings (SSSR count). The molecule has 0 radical (unpaired) electrons. The van der Waals surface area contributed by atoms with Gasteiger partial charge in [-0.3, -0.25) is 4.68 Å². The van der Waals surface area contributed by atoms with Crippen LogP contribution >= 0.6 is 11.6 Å². The maximum atomic E-state index is 6.19. The first-order chi connectivity index (χ1) is 7.24. The summed E-state index contributed by atoms with van der Waals surface area (Å²) in [7, 11) is 0. The molecule has 0 spiro atoms. The van der Waals surface area contributed by atoms with Crippen molar-refractivity contribution >= 4 is 11.6 Å². The van der Waals surface area contributed by atoms with Crippen molar-refractivity contribution in [1.29, 1.82) is 0 Å². The van der Waals surface area contributed by atoms with Gasteiger partial charge in [0.15, 0.2) is 0 Å². The highest BCUT2D eigenvalue weighted by Gasteiger charge is 2.13. The van der Waals surface area contributed by atoms with Crippen LogP contribution in [0.15, 0.2) is 18.7 Å². The van der Waals surface area contributed by atoms with E-state index in [2.05, 4.69) is 15.1 Å². The fraction of sp³-hybridized carbons (Fsp3) is 0.300. The molecular formula is C10H11ClN4. The van der Waals surface area contributed by atoms with Crippen LogP contribution in [0.4, 0.5) is 0 Å². The van der Waals surface area contributed by atoms with Gasteiger partial charge in [-0.1, -0.05) is 11.6 Å². The Morgan fingerprint density at radius 3 is 2.53 bits per heavy atom. The highest BCUT2D eigenvalue weighted by molar-refractivity contribution is 6.33. The van der Waals surface area contributed by atoms with E-state index in [1.165, 1.54) is 6.33 Å². The van der Waals surface area contributed by atoms with E-state index in [4.69, 9.17) is 11.6 Å². The van der Waals surface area contributed by atoms with Crippen LogP contribution in [0, 0.1) is 6.92 Å². The lowest BCUT2D eigenvalue weighted by Crippen LogP contribution is -1.98. The molecule has 0 fully saturated rings. The Morgan fingerprint density at radius 1 is 1.33 bits per heavy atom. The molecule has 0 aliphatic carbocycles. The first-order valence-electron chi connectivity index (χ1n) is 4.72. The van der Waals surface area contributed by atoms with E-state index in [0.717, 1.165) is 23.5 Å². The summed E-state index contributed by atoms with van der Waals surface area (Å²) >= 11 is 6.19. The molecule has 0 bridgehead atoms. The average molecular weight is 223 g/mol. The number of rotatable bonds is 2. The molecule has 0 amide bonds. The van der Waals surface area contributed by atoms with E-state index in [1.807, 2.05) is 18.5 Å². The highest BCUT2D eigenvalue weighted by Crippen LogP contribution is 2.28. The summed E-state index contributed by atoms with van der Waals surface area (Å²) in [5, 5.41) is 5.08. The maximum Gasteiger partial charge on any atom is 0.115 e. The van der Waals surface area contributed by atoms with Crippen LogP contribution in [-0.2, 0) is 6.54 Å². The summed E-state index contributed by atoms with van der Waals surface area (Å²) in [6.07, 6.45) is 4.91. The Balaban J connectivity index is 2.55. The number of nitrogens with zero attached hydrogens (tertiary/aromatic N) is 4. The van der Waals surface area contributed by atoms with Crippen molar-refractivity contribution in [2.75, 3.05) is 0 Å². The second kappa shape index (κ2) is 3.98. The first kappa shape index (κ1) is 10.1. The highest BCUT2D eigenvalue weighted by atomic mass is 35.5. The van der Waals surface area contributed by atoms with Gasteiger partial charge in [-0.25, -0.2) is 9.97 Å². The summed E-state index contributed by atoms with van der Waals surface area (Å²) in [5.74, 6) is 0. The van der Waals surface area contributed by atoms with E-state index in [1.54, 1.807) is 12.4 Å². The summed E-state index contributed by atoms with van der Waals surface area (Å²) in [6, 6.07) is 0. The van der Waals surface area contributed by atoms with Crippen molar-refractivity contribution in [3.63, 3.8) is 0 Å². The third-order valence-corrected chi connectivity index (χ3v) is 2.72. The predicted octanol–water partition coefficient (Wildman–Crippen LogP) is 2.32. The molecule has 2 aromatic rings. The SMILES string of the molecule is CCn1nc(-c2cncnc2)c(Cl)c1C. The van der Waals surface area contributed by atoms with E-state index >= 15 is 0 Å². The van der Waals surface area contributed by atoms with Gasteiger partial charge in [-0.2, -0.15) is 5.10 Å². The van der Waals surface area contributed by atoms with Crippen LogP contribution in [0.3, 0.4) is 0 Å². The van der Waals surface area contributed by atoms with Crippen LogP contribution in [0.1, 0.15) is 12.6 Å². The summed E-state index contributed by atoms with van der Waals surface area (Å²) in [6.45, 7) is 4.78. The molecule has 0 aliphatic rings. The van der Waals surface area contributed by atoms with Crippen LogP contribution in [-0.4, -0.2) is 19.7 Å². The number of hydrogen-bond acceptors (Lipinski definition) is 3. The molecule has 0 unspecified atom stereocenters. The summed E-state index contributed by atoms with van der Waals surface area (Å²) in [5.41, 5.74) is 2.56. The molecule has 5 heteroatoms. The average Bonchev–Trinajstić information content (AvgIpc) is 2.57. The molecule has 0 atom stereocenters. The standard InChI is InChI=1S/C10H11ClN4/c1-3-15-7(2)9(11)10(14-15)8-4-12-6-13-5-8/h4-6H,3H2,1-2H3. The van der Waals surface area contributed by atoms with Crippen LogP contribution in [0.5, 0.6) is 0 Å². The van der Waals surface area contributed by atoms with Gasteiger partial charge in [0, 0.05) is 24.5 Å². The van der Waals surface area contributed by atoms with Gasteiger partial charge in [-0.05, 0) is 13.8 Å². The lowest BCUT2D eigenvalue weighted by Gasteiger charge is -1.96. The Labute approximate surface area is 92.9 Å². The van der Waals surface area contributed by atoms with E-state index < -0.39 is 0 Å². The van der Waals surface area contributed by atoms with Crippen molar-refractivity contribution in [1.82, 2.24) is 19.7 Å². The molecule has 2 heterocycles. The molecule has 78 valence electrons. The molecule has 0 saturated heterocycles. The molecule has 0 aliphatic heterocycles. The molecule has 15 heavy (non-hydrogen) atoms. The number of aryl methyl sites for hydroxylation is 1. The maximum absolute atomic E-state index is 6.19.